The Morgan fingerprint density at radius 2 is 2.05 bits per heavy atom. The quantitative estimate of drug-likeness (QED) is 0.748. The minimum absolute atomic E-state index is 0.544. The van der Waals surface area contributed by atoms with Crippen LogP contribution in [0.25, 0.3) is 0 Å². The number of nitrogens with one attached hydrogen (secondary N) is 1. The summed E-state index contributed by atoms with van der Waals surface area (Å²) in [5, 5.41) is 4.45. The topological polar surface area (TPSA) is 34.2 Å². The van der Waals surface area contributed by atoms with Crippen molar-refractivity contribution in [1.29, 1.82) is 0 Å². The minimum Gasteiger partial charge on any atom is -0.486 e. The Kier molecular flexibility index (Phi) is 6.02. The predicted octanol–water partition coefficient (Wildman–Crippen LogP) is 3.92. The van der Waals surface area contributed by atoms with Crippen molar-refractivity contribution >= 4 is 11.3 Å². The summed E-state index contributed by atoms with van der Waals surface area (Å²) in [5.74, 6) is 0.897. The zero-order valence-corrected chi connectivity index (χ0v) is 13.0. The van der Waals surface area contributed by atoms with Gasteiger partial charge in [0, 0.05) is 17.6 Å². The second-order valence-electron chi connectivity index (χ2n) is 4.85. The number of thiazole rings is 1. The van der Waals surface area contributed by atoms with E-state index in [9.17, 15) is 0 Å². The average Bonchev–Trinajstić information content (AvgIpc) is 2.91. The third-order valence-electron chi connectivity index (χ3n) is 2.99. The molecule has 108 valence electrons. The van der Waals surface area contributed by atoms with E-state index in [0.717, 1.165) is 23.8 Å². The van der Waals surface area contributed by atoms with Crippen LogP contribution in [0.2, 0.25) is 0 Å². The van der Waals surface area contributed by atoms with Crippen LogP contribution in [0, 0.1) is 6.92 Å². The summed E-state index contributed by atoms with van der Waals surface area (Å²) >= 11 is 1.71. The Bertz CT molecular complexity index is 507. The largest absolute Gasteiger partial charge is 0.486 e. The molecule has 20 heavy (non-hydrogen) atoms. The van der Waals surface area contributed by atoms with Gasteiger partial charge in [-0.15, -0.1) is 11.3 Å². The number of aromatic nitrogens is 1. The van der Waals surface area contributed by atoms with Crippen molar-refractivity contribution in [2.24, 2.45) is 0 Å². The van der Waals surface area contributed by atoms with Crippen LogP contribution in [0.3, 0.4) is 0 Å². The van der Waals surface area contributed by atoms with Gasteiger partial charge in [-0.05, 0) is 32.0 Å². The number of ether oxygens (including phenoxy) is 1. The van der Waals surface area contributed by atoms with Gasteiger partial charge < -0.3 is 10.1 Å². The molecule has 1 N–H and O–H groups in total. The van der Waals surface area contributed by atoms with Gasteiger partial charge in [-0.3, -0.25) is 0 Å². The summed E-state index contributed by atoms with van der Waals surface area (Å²) in [4.78, 5) is 5.67. The molecule has 0 spiro atoms. The lowest BCUT2D eigenvalue weighted by Gasteiger charge is -2.03. The summed E-state index contributed by atoms with van der Waals surface area (Å²) < 4.78 is 5.73. The van der Waals surface area contributed by atoms with Crippen molar-refractivity contribution < 1.29 is 4.74 Å². The molecule has 1 aromatic heterocycles. The van der Waals surface area contributed by atoms with Crippen molar-refractivity contribution in [2.45, 2.75) is 39.8 Å². The third kappa shape index (κ3) is 4.94. The first-order valence-corrected chi connectivity index (χ1v) is 7.93. The van der Waals surface area contributed by atoms with Crippen LogP contribution in [0.5, 0.6) is 5.75 Å². The van der Waals surface area contributed by atoms with Crippen molar-refractivity contribution in [2.75, 3.05) is 6.54 Å². The molecule has 0 atom stereocenters. The molecule has 0 aliphatic heterocycles. The Morgan fingerprint density at radius 1 is 1.25 bits per heavy atom. The first kappa shape index (κ1) is 15.0. The highest BCUT2D eigenvalue weighted by Crippen LogP contribution is 2.17. The lowest BCUT2D eigenvalue weighted by molar-refractivity contribution is 0.305. The maximum absolute atomic E-state index is 5.73. The van der Waals surface area contributed by atoms with E-state index in [4.69, 9.17) is 4.74 Å². The molecule has 2 aromatic rings. The number of hydrogen-bond acceptors (Lipinski definition) is 4. The Labute approximate surface area is 125 Å². The molecule has 0 aliphatic carbocycles. The number of rotatable bonds is 8. The van der Waals surface area contributed by atoms with Gasteiger partial charge >= 0.3 is 0 Å². The van der Waals surface area contributed by atoms with Crippen LogP contribution in [0.1, 0.15) is 35.2 Å². The Balaban J connectivity index is 1.76. The molecule has 0 fully saturated rings. The lowest BCUT2D eigenvalue weighted by Crippen LogP contribution is -2.13. The monoisotopic (exact) mass is 290 g/mol. The van der Waals surface area contributed by atoms with Crippen molar-refractivity contribution in [3.63, 3.8) is 0 Å². The highest BCUT2D eigenvalue weighted by Gasteiger charge is 2.03. The first-order chi connectivity index (χ1) is 9.78. The molecule has 0 amide bonds. The molecule has 0 aliphatic rings. The van der Waals surface area contributed by atoms with Gasteiger partial charge in [0.25, 0.3) is 0 Å². The van der Waals surface area contributed by atoms with Crippen LogP contribution < -0.4 is 10.1 Å². The molecule has 1 aromatic carbocycles. The Hall–Kier alpha value is -1.39. The highest BCUT2D eigenvalue weighted by molar-refractivity contribution is 7.11. The number of aryl methyl sites for hydroxylation is 1. The van der Waals surface area contributed by atoms with E-state index < -0.39 is 0 Å². The van der Waals surface area contributed by atoms with Gasteiger partial charge in [0.15, 0.2) is 0 Å². The molecule has 0 unspecified atom stereocenters. The van der Waals surface area contributed by atoms with Crippen molar-refractivity contribution in [3.05, 3.63) is 45.9 Å². The summed E-state index contributed by atoms with van der Waals surface area (Å²) in [5.41, 5.74) is 1.24. The van der Waals surface area contributed by atoms with Crippen molar-refractivity contribution in [1.82, 2.24) is 10.3 Å². The lowest BCUT2D eigenvalue weighted by atomic mass is 10.2. The van der Waals surface area contributed by atoms with Gasteiger partial charge in [0.2, 0.25) is 0 Å². The number of nitrogens with zero attached hydrogens (tertiary/aromatic N) is 1. The maximum Gasteiger partial charge on any atom is 0.140 e. The molecule has 0 saturated heterocycles. The fourth-order valence-corrected chi connectivity index (χ4v) is 2.59. The molecule has 2 rings (SSSR count). The smallest absolute Gasteiger partial charge is 0.140 e. The van der Waals surface area contributed by atoms with Crippen LogP contribution in [0.4, 0.5) is 0 Å². The van der Waals surface area contributed by atoms with Crippen LogP contribution >= 0.6 is 11.3 Å². The van der Waals surface area contributed by atoms with E-state index in [-0.39, 0.29) is 0 Å². The van der Waals surface area contributed by atoms with E-state index >= 15 is 0 Å². The summed E-state index contributed by atoms with van der Waals surface area (Å²) in [6.45, 7) is 6.80. The molecule has 4 heteroatoms. The first-order valence-electron chi connectivity index (χ1n) is 7.11. The van der Waals surface area contributed by atoms with Gasteiger partial charge in [0.05, 0.1) is 0 Å². The minimum atomic E-state index is 0.544. The van der Waals surface area contributed by atoms with Gasteiger partial charge in [0.1, 0.15) is 17.4 Å². The standard InChI is InChI=1S/C16H22N2OS/c1-3-4-9-17-10-15-11-18-16(20-15)12-19-14-7-5-13(2)6-8-14/h5-8,11,17H,3-4,9-10,12H2,1-2H3. The highest BCUT2D eigenvalue weighted by atomic mass is 32.1. The zero-order chi connectivity index (χ0) is 14.2. The van der Waals surface area contributed by atoms with E-state index in [0.29, 0.717) is 6.61 Å². The number of benzene rings is 1. The van der Waals surface area contributed by atoms with Crippen LogP contribution in [-0.4, -0.2) is 11.5 Å². The van der Waals surface area contributed by atoms with Crippen LogP contribution in [-0.2, 0) is 13.2 Å². The third-order valence-corrected chi connectivity index (χ3v) is 3.96. The van der Waals surface area contributed by atoms with E-state index in [1.807, 2.05) is 18.3 Å². The second kappa shape index (κ2) is 8.02. The molecule has 0 saturated carbocycles. The SMILES string of the molecule is CCCCNCc1cnc(COc2ccc(C)cc2)s1. The molecular formula is C16H22N2OS. The second-order valence-corrected chi connectivity index (χ2v) is 6.05. The van der Waals surface area contributed by atoms with E-state index in [1.54, 1.807) is 11.3 Å². The summed E-state index contributed by atoms with van der Waals surface area (Å²) in [7, 11) is 0. The van der Waals surface area contributed by atoms with Gasteiger partial charge in [-0.25, -0.2) is 4.98 Å². The van der Waals surface area contributed by atoms with Crippen LogP contribution in [0.15, 0.2) is 30.5 Å². The van der Waals surface area contributed by atoms with Gasteiger partial charge in [-0.1, -0.05) is 31.0 Å². The molecule has 0 bridgehead atoms. The summed E-state index contributed by atoms with van der Waals surface area (Å²) in [6.07, 6.45) is 4.39. The average molecular weight is 290 g/mol. The number of hydrogen-bond donors (Lipinski definition) is 1. The van der Waals surface area contributed by atoms with Gasteiger partial charge in [-0.2, -0.15) is 0 Å². The summed E-state index contributed by atoms with van der Waals surface area (Å²) in [6, 6.07) is 8.10. The molecule has 0 radical (unpaired) electrons. The molecular weight excluding hydrogens is 268 g/mol. The van der Waals surface area contributed by atoms with E-state index in [1.165, 1.54) is 23.3 Å². The number of unbranched alkanes of at least 4 members (excludes halogenated alkanes) is 1. The predicted molar refractivity (Wildman–Crippen MR) is 84.2 cm³/mol. The fraction of sp³-hybridized carbons (Fsp3) is 0.438. The fourth-order valence-electron chi connectivity index (χ4n) is 1.79. The zero-order valence-electron chi connectivity index (χ0n) is 12.2. The molecule has 3 nitrogen and oxygen atoms in total. The van der Waals surface area contributed by atoms with E-state index in [2.05, 4.69) is 36.3 Å². The Morgan fingerprint density at radius 3 is 2.80 bits per heavy atom. The maximum atomic E-state index is 5.73. The van der Waals surface area contributed by atoms with Crippen molar-refractivity contribution in [3.8, 4) is 5.75 Å². The normalized spacial score (nSPS) is 10.7. The molecule has 1 heterocycles.